The zero-order valence-electron chi connectivity index (χ0n) is 10.8. The Labute approximate surface area is 111 Å². The summed E-state index contributed by atoms with van der Waals surface area (Å²) >= 11 is 0. The minimum Gasteiger partial charge on any atom is -0.376 e. The van der Waals surface area contributed by atoms with Gasteiger partial charge in [0, 0.05) is 13.1 Å². The van der Waals surface area contributed by atoms with Crippen molar-refractivity contribution in [2.75, 3.05) is 31.3 Å². The molecule has 2 heterocycles. The monoisotopic (exact) mass is 260 g/mol. The van der Waals surface area contributed by atoms with Gasteiger partial charge in [-0.05, 0) is 19.1 Å². The van der Waals surface area contributed by atoms with Crippen LogP contribution >= 0.6 is 0 Å². The summed E-state index contributed by atoms with van der Waals surface area (Å²) in [6.45, 7) is 4.69. The molecule has 0 aromatic heterocycles. The van der Waals surface area contributed by atoms with Crippen LogP contribution in [0.5, 0.6) is 0 Å². The van der Waals surface area contributed by atoms with E-state index in [4.69, 9.17) is 4.74 Å². The average Bonchev–Trinajstić information content (AvgIpc) is 2.65. The second-order valence-electron chi connectivity index (χ2n) is 4.98. The first-order chi connectivity index (χ1) is 9.16. The molecule has 3 rings (SSSR count). The lowest BCUT2D eigenvalue weighted by Gasteiger charge is -2.33. The minimum atomic E-state index is -0.430. The van der Waals surface area contributed by atoms with E-state index in [9.17, 15) is 9.59 Å². The molecule has 1 fully saturated rings. The zero-order chi connectivity index (χ0) is 13.4. The van der Waals surface area contributed by atoms with Gasteiger partial charge < -0.3 is 4.74 Å². The number of benzene rings is 1. The summed E-state index contributed by atoms with van der Waals surface area (Å²) in [6, 6.07) is 7.16. The maximum Gasteiger partial charge on any atom is 0.300 e. The molecule has 5 nitrogen and oxygen atoms in total. The Kier molecular flexibility index (Phi) is 3.08. The highest BCUT2D eigenvalue weighted by Gasteiger charge is 2.36. The summed E-state index contributed by atoms with van der Waals surface area (Å²) < 4.78 is 5.48. The lowest BCUT2D eigenvalue weighted by atomic mass is 10.1. The summed E-state index contributed by atoms with van der Waals surface area (Å²) in [5.41, 5.74) is 1.23. The first kappa shape index (κ1) is 12.3. The molecule has 1 aromatic rings. The van der Waals surface area contributed by atoms with E-state index >= 15 is 0 Å². The molecule has 0 radical (unpaired) electrons. The Bertz CT molecular complexity index is 529. The van der Waals surface area contributed by atoms with Crippen molar-refractivity contribution < 1.29 is 14.3 Å². The summed E-state index contributed by atoms with van der Waals surface area (Å²) in [6.07, 6.45) is 0.164. The van der Waals surface area contributed by atoms with E-state index in [1.807, 2.05) is 19.1 Å². The van der Waals surface area contributed by atoms with Crippen molar-refractivity contribution in [3.05, 3.63) is 29.8 Å². The molecule has 0 spiro atoms. The van der Waals surface area contributed by atoms with Crippen molar-refractivity contribution in [1.82, 2.24) is 4.90 Å². The third-order valence-corrected chi connectivity index (χ3v) is 3.55. The number of nitrogens with zero attached hydrogens (tertiary/aromatic N) is 2. The molecule has 5 heteroatoms. The summed E-state index contributed by atoms with van der Waals surface area (Å²) in [7, 11) is 0. The van der Waals surface area contributed by atoms with Crippen molar-refractivity contribution in [1.29, 1.82) is 0 Å². The van der Waals surface area contributed by atoms with Crippen LogP contribution in [0.1, 0.15) is 17.3 Å². The van der Waals surface area contributed by atoms with Gasteiger partial charge in [0.2, 0.25) is 0 Å². The van der Waals surface area contributed by atoms with Crippen LogP contribution in [0.3, 0.4) is 0 Å². The first-order valence-corrected chi connectivity index (χ1v) is 6.46. The fourth-order valence-corrected chi connectivity index (χ4v) is 2.61. The van der Waals surface area contributed by atoms with Gasteiger partial charge in [-0.15, -0.1) is 0 Å². The van der Waals surface area contributed by atoms with Crippen LogP contribution in [0.15, 0.2) is 24.3 Å². The van der Waals surface area contributed by atoms with Crippen LogP contribution in [0, 0.1) is 0 Å². The largest absolute Gasteiger partial charge is 0.376 e. The number of ketones is 1. The maximum absolute atomic E-state index is 12.0. The molecular formula is C14H16N2O3. The van der Waals surface area contributed by atoms with Crippen molar-refractivity contribution in [2.45, 2.75) is 13.0 Å². The highest BCUT2D eigenvalue weighted by atomic mass is 16.5. The van der Waals surface area contributed by atoms with Crippen LogP contribution in [0.2, 0.25) is 0 Å². The molecule has 0 aliphatic carbocycles. The van der Waals surface area contributed by atoms with Gasteiger partial charge in [0.15, 0.2) is 0 Å². The molecule has 2 aliphatic rings. The normalized spacial score (nSPS) is 23.8. The number of fused-ring (bicyclic) bond motifs is 1. The molecule has 100 valence electrons. The SMILES string of the molecule is CC1CN(CN2C(=O)C(=O)c3ccccc32)CCO1. The van der Waals surface area contributed by atoms with Crippen molar-refractivity contribution in [3.8, 4) is 0 Å². The van der Waals surface area contributed by atoms with Crippen LogP contribution in [-0.2, 0) is 9.53 Å². The molecule has 0 N–H and O–H groups in total. The number of para-hydroxylation sites is 1. The predicted octanol–water partition coefficient (Wildman–Crippen LogP) is 0.894. The quantitative estimate of drug-likeness (QED) is 0.741. The smallest absolute Gasteiger partial charge is 0.300 e. The van der Waals surface area contributed by atoms with Gasteiger partial charge in [-0.3, -0.25) is 19.4 Å². The Balaban J connectivity index is 1.81. The average molecular weight is 260 g/mol. The Hall–Kier alpha value is -1.72. The van der Waals surface area contributed by atoms with E-state index in [1.165, 1.54) is 0 Å². The molecule has 1 unspecified atom stereocenters. The van der Waals surface area contributed by atoms with Crippen molar-refractivity contribution in [3.63, 3.8) is 0 Å². The van der Waals surface area contributed by atoms with Gasteiger partial charge in [0.25, 0.3) is 5.78 Å². The summed E-state index contributed by atoms with van der Waals surface area (Å²) in [5.74, 6) is -0.836. The number of hydrogen-bond acceptors (Lipinski definition) is 4. The van der Waals surface area contributed by atoms with Gasteiger partial charge in [-0.1, -0.05) is 12.1 Å². The third-order valence-electron chi connectivity index (χ3n) is 3.55. The van der Waals surface area contributed by atoms with Crippen molar-refractivity contribution in [2.24, 2.45) is 0 Å². The van der Waals surface area contributed by atoms with E-state index < -0.39 is 11.7 Å². The molecule has 0 saturated carbocycles. The maximum atomic E-state index is 12.0. The zero-order valence-corrected chi connectivity index (χ0v) is 10.8. The number of hydrogen-bond donors (Lipinski definition) is 0. The number of rotatable bonds is 2. The first-order valence-electron chi connectivity index (χ1n) is 6.46. The second kappa shape index (κ2) is 4.75. The lowest BCUT2D eigenvalue weighted by Crippen LogP contribution is -2.48. The molecule has 0 bridgehead atoms. The van der Waals surface area contributed by atoms with E-state index in [-0.39, 0.29) is 6.10 Å². The van der Waals surface area contributed by atoms with Crippen molar-refractivity contribution >= 4 is 17.4 Å². The Morgan fingerprint density at radius 2 is 2.11 bits per heavy atom. The Morgan fingerprint density at radius 1 is 1.32 bits per heavy atom. The number of Topliss-reactive ketones (excluding diaryl/α,β-unsaturated/α-hetero) is 1. The third kappa shape index (κ3) is 2.15. The predicted molar refractivity (Wildman–Crippen MR) is 70.1 cm³/mol. The summed E-state index contributed by atoms with van der Waals surface area (Å²) in [4.78, 5) is 27.6. The van der Waals surface area contributed by atoms with E-state index in [0.717, 1.165) is 18.8 Å². The number of carbonyl (C=O) groups is 2. The molecule has 1 aromatic carbocycles. The number of carbonyl (C=O) groups excluding carboxylic acids is 2. The topological polar surface area (TPSA) is 49.9 Å². The molecule has 1 saturated heterocycles. The number of anilines is 1. The molecule has 19 heavy (non-hydrogen) atoms. The minimum absolute atomic E-state index is 0.164. The molecule has 1 amide bonds. The van der Waals surface area contributed by atoms with E-state index in [0.29, 0.717) is 18.8 Å². The van der Waals surface area contributed by atoms with Crippen LogP contribution in [-0.4, -0.2) is 49.1 Å². The summed E-state index contributed by atoms with van der Waals surface area (Å²) in [5, 5.41) is 0. The molecular weight excluding hydrogens is 244 g/mol. The second-order valence-corrected chi connectivity index (χ2v) is 4.98. The highest BCUT2D eigenvalue weighted by Crippen LogP contribution is 2.28. The van der Waals surface area contributed by atoms with Crippen LogP contribution in [0.4, 0.5) is 5.69 Å². The number of amides is 1. The van der Waals surface area contributed by atoms with Gasteiger partial charge in [-0.25, -0.2) is 0 Å². The fraction of sp³-hybridized carbons (Fsp3) is 0.429. The van der Waals surface area contributed by atoms with Gasteiger partial charge >= 0.3 is 5.91 Å². The molecule has 1 atom stereocenters. The Morgan fingerprint density at radius 3 is 2.89 bits per heavy atom. The number of morpholine rings is 1. The van der Waals surface area contributed by atoms with Crippen LogP contribution < -0.4 is 4.90 Å². The fourth-order valence-electron chi connectivity index (χ4n) is 2.61. The van der Waals surface area contributed by atoms with Gasteiger partial charge in [0.1, 0.15) is 0 Å². The standard InChI is InChI=1S/C14H16N2O3/c1-10-8-15(6-7-19-10)9-16-12-5-3-2-4-11(12)13(17)14(16)18/h2-5,10H,6-9H2,1H3. The van der Waals surface area contributed by atoms with E-state index in [2.05, 4.69) is 4.90 Å². The highest BCUT2D eigenvalue weighted by molar-refractivity contribution is 6.52. The van der Waals surface area contributed by atoms with Gasteiger partial charge in [0.05, 0.1) is 30.6 Å². The lowest BCUT2D eigenvalue weighted by molar-refractivity contribution is -0.115. The number of ether oxygens (including phenoxy) is 1. The molecule has 2 aliphatic heterocycles. The van der Waals surface area contributed by atoms with Crippen LogP contribution in [0.25, 0.3) is 0 Å². The van der Waals surface area contributed by atoms with E-state index in [1.54, 1.807) is 17.0 Å². The van der Waals surface area contributed by atoms with Gasteiger partial charge in [-0.2, -0.15) is 0 Å².